The Balaban J connectivity index is 2.05. The minimum atomic E-state index is -0.477. The fourth-order valence-corrected chi connectivity index (χ4v) is 2.69. The summed E-state index contributed by atoms with van der Waals surface area (Å²) in [5.41, 5.74) is 0.886. The zero-order valence-corrected chi connectivity index (χ0v) is 18.2. The molecule has 0 atom stereocenters. The lowest BCUT2D eigenvalue weighted by Gasteiger charge is -2.15. The second-order valence-electron chi connectivity index (χ2n) is 6.86. The lowest BCUT2D eigenvalue weighted by molar-refractivity contribution is -0.142. The predicted molar refractivity (Wildman–Crippen MR) is 115 cm³/mol. The molecule has 0 bridgehead atoms. The molecular weight excluding hydrogens is 410 g/mol. The van der Waals surface area contributed by atoms with E-state index in [-0.39, 0.29) is 12.5 Å². The van der Waals surface area contributed by atoms with Crippen LogP contribution in [0.25, 0.3) is 0 Å². The highest BCUT2D eigenvalue weighted by atomic mass is 35.5. The fourth-order valence-electron chi connectivity index (χ4n) is 2.43. The van der Waals surface area contributed by atoms with Gasteiger partial charge in [0.1, 0.15) is 5.75 Å². The molecule has 0 unspecified atom stereocenters. The van der Waals surface area contributed by atoms with Crippen LogP contribution in [-0.2, 0) is 9.53 Å². The second-order valence-corrected chi connectivity index (χ2v) is 7.27. The number of methoxy groups -OCH3 is 2. The molecule has 0 aliphatic carbocycles. The van der Waals surface area contributed by atoms with Crippen molar-refractivity contribution in [3.8, 4) is 17.2 Å². The van der Waals surface area contributed by atoms with E-state index in [0.29, 0.717) is 46.0 Å². The molecule has 1 amide bonds. The fraction of sp³-hybridized carbons (Fsp3) is 0.364. The number of benzene rings is 2. The number of nitrogens with one attached hydrogen (secondary N) is 1. The van der Waals surface area contributed by atoms with Gasteiger partial charge < -0.3 is 24.3 Å². The van der Waals surface area contributed by atoms with E-state index in [9.17, 15) is 9.59 Å². The Kier molecular flexibility index (Phi) is 8.80. The number of anilines is 1. The van der Waals surface area contributed by atoms with Gasteiger partial charge in [-0.1, -0.05) is 25.4 Å². The Morgan fingerprint density at radius 1 is 1.07 bits per heavy atom. The highest BCUT2D eigenvalue weighted by Gasteiger charge is 2.16. The van der Waals surface area contributed by atoms with E-state index in [4.69, 9.17) is 25.8 Å². The molecule has 2 aromatic carbocycles. The molecule has 0 radical (unpaired) electrons. The number of carbonyl (C=O) groups is 2. The Hall–Kier alpha value is -2.93. The van der Waals surface area contributed by atoms with Gasteiger partial charge in [0, 0.05) is 11.3 Å². The van der Waals surface area contributed by atoms with E-state index in [2.05, 4.69) is 23.9 Å². The number of ether oxygens (including phenoxy) is 4. The minimum Gasteiger partial charge on any atom is -0.493 e. The van der Waals surface area contributed by atoms with Gasteiger partial charge in [-0.05, 0) is 48.7 Å². The number of hydrogen-bond acceptors (Lipinski definition) is 6. The Morgan fingerprint density at radius 2 is 1.77 bits per heavy atom. The quantitative estimate of drug-likeness (QED) is 0.550. The zero-order chi connectivity index (χ0) is 22.1. The topological polar surface area (TPSA) is 83.1 Å². The number of esters is 1. The smallest absolute Gasteiger partial charge is 0.343 e. The molecule has 2 rings (SSSR count). The van der Waals surface area contributed by atoms with Crippen molar-refractivity contribution in [2.45, 2.75) is 20.3 Å². The maximum absolute atomic E-state index is 12.6. The Morgan fingerprint density at radius 3 is 2.37 bits per heavy atom. The first-order valence-electron chi connectivity index (χ1n) is 9.45. The van der Waals surface area contributed by atoms with Crippen molar-refractivity contribution in [2.75, 3.05) is 32.8 Å². The number of amides is 1. The normalized spacial score (nSPS) is 10.5. The van der Waals surface area contributed by atoms with Crippen LogP contribution in [0.4, 0.5) is 5.69 Å². The highest BCUT2D eigenvalue weighted by Crippen LogP contribution is 2.37. The summed E-state index contributed by atoms with van der Waals surface area (Å²) in [5.74, 6) is 0.955. The third-order valence-corrected chi connectivity index (χ3v) is 4.41. The van der Waals surface area contributed by atoms with Crippen molar-refractivity contribution in [2.24, 2.45) is 5.92 Å². The lowest BCUT2D eigenvalue weighted by atomic mass is 10.1. The Bertz CT molecular complexity index is 867. The van der Waals surface area contributed by atoms with Crippen LogP contribution in [0, 0.1) is 5.92 Å². The van der Waals surface area contributed by atoms with Gasteiger partial charge in [0.15, 0.2) is 18.1 Å². The van der Waals surface area contributed by atoms with Crippen LogP contribution in [0.3, 0.4) is 0 Å². The monoisotopic (exact) mass is 435 g/mol. The van der Waals surface area contributed by atoms with E-state index in [1.54, 1.807) is 30.3 Å². The third-order valence-electron chi connectivity index (χ3n) is 4.13. The van der Waals surface area contributed by atoms with Crippen LogP contribution in [-0.4, -0.2) is 39.3 Å². The average Bonchev–Trinajstić information content (AvgIpc) is 2.73. The van der Waals surface area contributed by atoms with Gasteiger partial charge in [-0.2, -0.15) is 0 Å². The van der Waals surface area contributed by atoms with Crippen molar-refractivity contribution in [1.29, 1.82) is 0 Å². The standard InChI is InChI=1S/C22H26ClNO6/c1-14(2)9-10-29-21-18(23)11-15(12-19(21)27-3)22(26)24-16-5-7-17(8-6-16)30-13-20(25)28-4/h5-8,11-12,14H,9-10,13H2,1-4H3,(H,24,26). The molecular formula is C22H26ClNO6. The maximum Gasteiger partial charge on any atom is 0.343 e. The summed E-state index contributed by atoms with van der Waals surface area (Å²) in [7, 11) is 2.78. The summed E-state index contributed by atoms with van der Waals surface area (Å²) in [5, 5.41) is 3.08. The van der Waals surface area contributed by atoms with Gasteiger partial charge in [-0.25, -0.2) is 4.79 Å². The Labute approximate surface area is 181 Å². The lowest BCUT2D eigenvalue weighted by Crippen LogP contribution is -2.13. The zero-order valence-electron chi connectivity index (χ0n) is 17.5. The molecule has 2 aromatic rings. The molecule has 162 valence electrons. The molecule has 8 heteroatoms. The summed E-state index contributed by atoms with van der Waals surface area (Å²) in [4.78, 5) is 23.7. The van der Waals surface area contributed by atoms with Crippen LogP contribution in [0.15, 0.2) is 36.4 Å². The number of carbonyl (C=O) groups excluding carboxylic acids is 2. The van der Waals surface area contributed by atoms with Gasteiger partial charge in [0.05, 0.1) is 25.8 Å². The molecule has 0 saturated carbocycles. The summed E-state index contributed by atoms with van der Waals surface area (Å²) in [6.45, 7) is 4.52. The predicted octanol–water partition coefficient (Wildman–Crippen LogP) is 4.58. The second kappa shape index (κ2) is 11.3. The molecule has 1 N–H and O–H groups in total. The van der Waals surface area contributed by atoms with Crippen LogP contribution in [0.5, 0.6) is 17.2 Å². The number of halogens is 1. The van der Waals surface area contributed by atoms with E-state index < -0.39 is 5.97 Å². The average molecular weight is 436 g/mol. The first-order valence-corrected chi connectivity index (χ1v) is 9.83. The van der Waals surface area contributed by atoms with E-state index >= 15 is 0 Å². The summed E-state index contributed by atoms with van der Waals surface area (Å²) in [6.07, 6.45) is 0.876. The number of rotatable bonds is 10. The third kappa shape index (κ3) is 6.84. The van der Waals surface area contributed by atoms with Crippen molar-refractivity contribution in [1.82, 2.24) is 0 Å². The molecule has 0 saturated heterocycles. The summed E-state index contributed by atoms with van der Waals surface area (Å²) < 4.78 is 20.9. The summed E-state index contributed by atoms with van der Waals surface area (Å²) in [6, 6.07) is 9.72. The molecule has 7 nitrogen and oxygen atoms in total. The first kappa shape index (κ1) is 23.3. The molecule has 0 spiro atoms. The van der Waals surface area contributed by atoms with Gasteiger partial charge in [0.25, 0.3) is 5.91 Å². The molecule has 0 aliphatic heterocycles. The van der Waals surface area contributed by atoms with Crippen molar-refractivity contribution >= 4 is 29.2 Å². The maximum atomic E-state index is 12.6. The van der Waals surface area contributed by atoms with Crippen molar-refractivity contribution < 1.29 is 28.5 Å². The molecule has 0 heterocycles. The van der Waals surface area contributed by atoms with Crippen LogP contribution < -0.4 is 19.5 Å². The largest absolute Gasteiger partial charge is 0.493 e. The number of hydrogen-bond donors (Lipinski definition) is 1. The van der Waals surface area contributed by atoms with Gasteiger partial charge >= 0.3 is 5.97 Å². The molecule has 0 aliphatic rings. The van der Waals surface area contributed by atoms with E-state index in [1.807, 2.05) is 0 Å². The van der Waals surface area contributed by atoms with E-state index in [1.165, 1.54) is 20.3 Å². The molecule has 30 heavy (non-hydrogen) atoms. The van der Waals surface area contributed by atoms with Gasteiger partial charge in [-0.3, -0.25) is 4.79 Å². The molecule has 0 aromatic heterocycles. The SMILES string of the molecule is COC(=O)COc1ccc(NC(=O)c2cc(Cl)c(OCCC(C)C)c(OC)c2)cc1. The van der Waals surface area contributed by atoms with Gasteiger partial charge in [-0.15, -0.1) is 0 Å². The van der Waals surface area contributed by atoms with E-state index in [0.717, 1.165) is 6.42 Å². The first-order chi connectivity index (χ1) is 14.3. The van der Waals surface area contributed by atoms with Crippen molar-refractivity contribution in [3.05, 3.63) is 47.0 Å². The van der Waals surface area contributed by atoms with Crippen molar-refractivity contribution in [3.63, 3.8) is 0 Å². The highest BCUT2D eigenvalue weighted by molar-refractivity contribution is 6.32. The van der Waals surface area contributed by atoms with Crippen LogP contribution in [0.1, 0.15) is 30.6 Å². The summed E-state index contributed by atoms with van der Waals surface area (Å²) >= 11 is 6.33. The van der Waals surface area contributed by atoms with Crippen LogP contribution >= 0.6 is 11.6 Å². The van der Waals surface area contributed by atoms with Crippen LogP contribution in [0.2, 0.25) is 5.02 Å². The molecule has 0 fully saturated rings. The van der Waals surface area contributed by atoms with Gasteiger partial charge in [0.2, 0.25) is 0 Å². The minimum absolute atomic E-state index is 0.188.